The van der Waals surface area contributed by atoms with Crippen LogP contribution in [0.4, 0.5) is 13.2 Å². The van der Waals surface area contributed by atoms with Crippen molar-refractivity contribution in [2.45, 2.75) is 50.7 Å². The number of ether oxygens (including phenoxy) is 2. The van der Waals surface area contributed by atoms with Gasteiger partial charge in [-0.1, -0.05) is 17.9 Å². The molecule has 0 spiro atoms. The number of hydrogen-bond acceptors (Lipinski definition) is 7. The summed E-state index contributed by atoms with van der Waals surface area (Å²) >= 11 is 0. The molecule has 1 N–H and O–H groups in total. The van der Waals surface area contributed by atoms with Gasteiger partial charge in [0.05, 0.1) is 5.41 Å². The third-order valence-corrected chi connectivity index (χ3v) is 8.00. The Morgan fingerprint density at radius 3 is 2.34 bits per heavy atom. The van der Waals surface area contributed by atoms with Crippen LogP contribution in [-0.4, -0.2) is 56.6 Å². The van der Waals surface area contributed by atoms with E-state index in [9.17, 15) is 36.0 Å². The first-order valence-electron chi connectivity index (χ1n) is 11.3. The number of carbonyl (C=O) groups is 3. The van der Waals surface area contributed by atoms with Crippen LogP contribution < -0.4 is 4.74 Å². The van der Waals surface area contributed by atoms with Crippen molar-refractivity contribution in [3.63, 3.8) is 0 Å². The zero-order chi connectivity index (χ0) is 25.8. The largest absolute Gasteiger partial charge is 0.448 e. The van der Waals surface area contributed by atoms with E-state index < -0.39 is 51.1 Å². The average molecular weight is 516 g/mol. The molecule has 0 heterocycles. The van der Waals surface area contributed by atoms with E-state index in [4.69, 9.17) is 9.29 Å². The van der Waals surface area contributed by atoms with E-state index in [0.29, 0.717) is 31.1 Å². The fraction of sp³-hybridized carbons (Fsp3) is 0.591. The standard InChI is InChI=1S/C22H24BF3O8S/c23-9-11-1-2-15(19(28)34-17(22(24,25)26)10-35(30,31)32)16(5-11)33-20(29)21-6-12-3-13(7-21)18(27)14(4-12)8-21/h1-2,5,12-14,17H,3-4,6-10,23H2,(H,30,31,32). The van der Waals surface area contributed by atoms with Gasteiger partial charge in [-0.05, 0) is 50.2 Å². The summed E-state index contributed by atoms with van der Waals surface area (Å²) in [5.74, 6) is -4.41. The van der Waals surface area contributed by atoms with Crippen molar-refractivity contribution < 1.29 is 50.0 Å². The third kappa shape index (κ3) is 5.25. The normalized spacial score (nSPS) is 28.6. The maximum atomic E-state index is 13.3. The Kier molecular flexibility index (Phi) is 6.54. The molecule has 8 nitrogen and oxygen atoms in total. The van der Waals surface area contributed by atoms with Crippen molar-refractivity contribution in [2.24, 2.45) is 23.2 Å². The Labute approximate surface area is 200 Å². The number of rotatable bonds is 7. The predicted octanol–water partition coefficient (Wildman–Crippen LogP) is 2.10. The molecule has 4 aliphatic carbocycles. The van der Waals surface area contributed by atoms with Gasteiger partial charge in [0.1, 0.15) is 30.7 Å². The number of carbonyl (C=O) groups excluding carboxylic acids is 3. The molecule has 5 rings (SSSR count). The second kappa shape index (κ2) is 8.92. The number of alkyl halides is 3. The Hall–Kier alpha value is -2.41. The lowest BCUT2D eigenvalue weighted by Crippen LogP contribution is -2.55. The summed E-state index contributed by atoms with van der Waals surface area (Å²) in [4.78, 5) is 38.4. The number of ketones is 1. The molecule has 190 valence electrons. The van der Waals surface area contributed by atoms with Crippen molar-refractivity contribution >= 4 is 35.7 Å². The summed E-state index contributed by atoms with van der Waals surface area (Å²) in [5.41, 5.74) is -0.746. The minimum absolute atomic E-state index is 0.165. The topological polar surface area (TPSA) is 124 Å². The van der Waals surface area contributed by atoms with Gasteiger partial charge in [0.15, 0.2) is 0 Å². The summed E-state index contributed by atoms with van der Waals surface area (Å²) in [6, 6.07) is 3.95. The van der Waals surface area contributed by atoms with Crippen LogP contribution >= 0.6 is 0 Å². The molecular weight excluding hydrogens is 492 g/mol. The number of hydrogen-bond donors (Lipinski definition) is 1. The van der Waals surface area contributed by atoms with Crippen LogP contribution in [0.25, 0.3) is 0 Å². The summed E-state index contributed by atoms with van der Waals surface area (Å²) in [5, 5.41) is 0. The fourth-order valence-corrected chi connectivity index (χ4v) is 6.46. The second-order valence-corrected chi connectivity index (χ2v) is 11.3. The lowest BCUT2D eigenvalue weighted by atomic mass is 9.49. The van der Waals surface area contributed by atoms with E-state index in [1.165, 1.54) is 12.1 Å². The van der Waals surface area contributed by atoms with E-state index in [1.54, 1.807) is 7.85 Å². The van der Waals surface area contributed by atoms with Gasteiger partial charge in [-0.3, -0.25) is 14.1 Å². The van der Waals surface area contributed by atoms with Gasteiger partial charge in [-0.2, -0.15) is 21.6 Å². The van der Waals surface area contributed by atoms with Crippen molar-refractivity contribution in [3.05, 3.63) is 29.3 Å². The molecular formula is C22H24BF3O8S. The second-order valence-electron chi connectivity index (χ2n) is 9.78. The van der Waals surface area contributed by atoms with Gasteiger partial charge in [0.2, 0.25) is 6.10 Å². The molecule has 0 amide bonds. The highest BCUT2D eigenvalue weighted by Gasteiger charge is 2.59. The Morgan fingerprint density at radius 1 is 1.17 bits per heavy atom. The Bertz CT molecular complexity index is 1150. The Morgan fingerprint density at radius 2 is 1.80 bits per heavy atom. The van der Waals surface area contributed by atoms with Gasteiger partial charge < -0.3 is 9.47 Å². The lowest BCUT2D eigenvalue weighted by Gasteiger charge is -2.53. The van der Waals surface area contributed by atoms with Crippen molar-refractivity contribution in [3.8, 4) is 5.75 Å². The molecule has 0 aliphatic heterocycles. The van der Waals surface area contributed by atoms with Gasteiger partial charge >= 0.3 is 18.1 Å². The van der Waals surface area contributed by atoms with Gasteiger partial charge in [-0.25, -0.2) is 4.79 Å². The number of halogens is 3. The number of esters is 2. The first-order chi connectivity index (χ1) is 16.2. The van der Waals surface area contributed by atoms with Crippen LogP contribution in [0.15, 0.2) is 18.2 Å². The molecule has 3 unspecified atom stereocenters. The molecule has 4 saturated carbocycles. The minimum atomic E-state index is -5.27. The van der Waals surface area contributed by atoms with Crippen LogP contribution in [0.5, 0.6) is 5.75 Å². The molecule has 1 aromatic carbocycles. The summed E-state index contributed by atoms with van der Waals surface area (Å²) in [7, 11) is -3.33. The molecule has 0 radical (unpaired) electrons. The van der Waals surface area contributed by atoms with Crippen LogP contribution in [-0.2, 0) is 30.8 Å². The lowest BCUT2D eigenvalue weighted by molar-refractivity contribution is -0.197. The van der Waals surface area contributed by atoms with Crippen LogP contribution in [0.2, 0.25) is 0 Å². The SMILES string of the molecule is BCc1ccc(C(=O)OC(CS(=O)(=O)O)C(F)(F)F)c(OC(=O)C23CC4CC(C2)C(=O)C(C4)C3)c1. The first-order valence-corrected chi connectivity index (χ1v) is 12.9. The molecule has 13 heteroatoms. The summed E-state index contributed by atoms with van der Waals surface area (Å²) in [6.07, 6.45) is -5.21. The highest BCUT2D eigenvalue weighted by Crippen LogP contribution is 2.59. The molecule has 0 saturated heterocycles. The van der Waals surface area contributed by atoms with E-state index in [-0.39, 0.29) is 29.3 Å². The maximum absolute atomic E-state index is 13.3. The number of benzene rings is 1. The number of Topliss-reactive ketones (excluding diaryl/α,β-unsaturated/α-hetero) is 1. The van der Waals surface area contributed by atoms with Crippen molar-refractivity contribution in [1.82, 2.24) is 0 Å². The molecule has 35 heavy (non-hydrogen) atoms. The van der Waals surface area contributed by atoms with Crippen molar-refractivity contribution in [2.75, 3.05) is 5.75 Å². The predicted molar refractivity (Wildman–Crippen MR) is 117 cm³/mol. The van der Waals surface area contributed by atoms with E-state index in [0.717, 1.165) is 18.9 Å². The molecule has 4 aliphatic rings. The molecule has 4 fully saturated rings. The van der Waals surface area contributed by atoms with Gasteiger partial charge in [0.25, 0.3) is 10.1 Å². The first kappa shape index (κ1) is 25.7. The smallest absolute Gasteiger partial charge is 0.426 e. The van der Waals surface area contributed by atoms with Crippen molar-refractivity contribution in [1.29, 1.82) is 0 Å². The van der Waals surface area contributed by atoms with Gasteiger partial charge in [0, 0.05) is 11.8 Å². The fourth-order valence-electron chi connectivity index (χ4n) is 5.82. The van der Waals surface area contributed by atoms with Crippen LogP contribution in [0.1, 0.15) is 48.0 Å². The maximum Gasteiger partial charge on any atom is 0.426 e. The quantitative estimate of drug-likeness (QED) is 0.253. The summed E-state index contributed by atoms with van der Waals surface area (Å²) in [6.45, 7) is 0. The van der Waals surface area contributed by atoms with Crippen LogP contribution in [0.3, 0.4) is 0 Å². The summed E-state index contributed by atoms with van der Waals surface area (Å²) < 4.78 is 80.6. The molecule has 3 atom stereocenters. The highest BCUT2D eigenvalue weighted by atomic mass is 32.2. The van der Waals surface area contributed by atoms with E-state index >= 15 is 0 Å². The minimum Gasteiger partial charge on any atom is -0.448 e. The van der Waals surface area contributed by atoms with E-state index in [2.05, 4.69) is 4.74 Å². The zero-order valence-electron chi connectivity index (χ0n) is 18.8. The Balaban J connectivity index is 1.60. The highest BCUT2D eigenvalue weighted by molar-refractivity contribution is 7.85. The molecule has 4 bridgehead atoms. The monoisotopic (exact) mass is 516 g/mol. The molecule has 0 aromatic heterocycles. The third-order valence-electron chi connectivity index (χ3n) is 7.28. The van der Waals surface area contributed by atoms with E-state index in [1.807, 2.05) is 0 Å². The van der Waals surface area contributed by atoms with Gasteiger partial charge in [-0.15, -0.1) is 0 Å². The molecule has 1 aromatic rings. The average Bonchev–Trinajstić information content (AvgIpc) is 2.74. The van der Waals surface area contributed by atoms with Crippen LogP contribution in [0, 0.1) is 23.2 Å². The zero-order valence-corrected chi connectivity index (χ0v) is 19.7.